The zero-order chi connectivity index (χ0) is 13.9. The van der Waals surface area contributed by atoms with Crippen LogP contribution in [0.15, 0.2) is 48.8 Å². The summed E-state index contributed by atoms with van der Waals surface area (Å²) in [5.41, 5.74) is 5.24. The Kier molecular flexibility index (Phi) is 3.52. The third kappa shape index (κ3) is 2.45. The molecule has 0 unspecified atom stereocenters. The van der Waals surface area contributed by atoms with E-state index in [1.54, 1.807) is 0 Å². The van der Waals surface area contributed by atoms with E-state index >= 15 is 0 Å². The second kappa shape index (κ2) is 5.47. The standard InChI is InChI=1S/C16H14ClN3/c1-2-14-9-11(6-7-18-14)15-10-19-20-16(15)12-4-3-5-13(17)8-12/h3-10H,2H2,1H3,(H,19,20). The van der Waals surface area contributed by atoms with Crippen molar-refractivity contribution in [3.63, 3.8) is 0 Å². The number of pyridine rings is 1. The molecule has 3 rings (SSSR count). The largest absolute Gasteiger partial charge is 0.277 e. The summed E-state index contributed by atoms with van der Waals surface area (Å²) >= 11 is 6.06. The van der Waals surface area contributed by atoms with E-state index < -0.39 is 0 Å². The van der Waals surface area contributed by atoms with E-state index in [-0.39, 0.29) is 0 Å². The maximum absolute atomic E-state index is 6.06. The average molecular weight is 284 g/mol. The van der Waals surface area contributed by atoms with Crippen molar-refractivity contribution < 1.29 is 0 Å². The van der Waals surface area contributed by atoms with Gasteiger partial charge in [0, 0.05) is 28.0 Å². The fourth-order valence-electron chi connectivity index (χ4n) is 2.21. The molecule has 3 nitrogen and oxygen atoms in total. The van der Waals surface area contributed by atoms with Gasteiger partial charge in [-0.25, -0.2) is 0 Å². The van der Waals surface area contributed by atoms with E-state index in [9.17, 15) is 0 Å². The van der Waals surface area contributed by atoms with Crippen molar-refractivity contribution in [2.75, 3.05) is 0 Å². The van der Waals surface area contributed by atoms with E-state index in [0.717, 1.165) is 34.5 Å². The normalized spacial score (nSPS) is 10.7. The second-order valence-electron chi connectivity index (χ2n) is 4.56. The Morgan fingerprint density at radius 2 is 2.05 bits per heavy atom. The number of hydrogen-bond acceptors (Lipinski definition) is 2. The lowest BCUT2D eigenvalue weighted by molar-refractivity contribution is 1.04. The minimum Gasteiger partial charge on any atom is -0.277 e. The summed E-state index contributed by atoms with van der Waals surface area (Å²) in [6.07, 6.45) is 4.59. The van der Waals surface area contributed by atoms with Gasteiger partial charge in [-0.2, -0.15) is 5.10 Å². The van der Waals surface area contributed by atoms with Gasteiger partial charge in [0.1, 0.15) is 0 Å². The Bertz CT molecular complexity index is 734. The predicted molar refractivity (Wildman–Crippen MR) is 81.6 cm³/mol. The molecule has 0 aliphatic carbocycles. The molecule has 0 atom stereocenters. The van der Waals surface area contributed by atoms with Gasteiger partial charge in [0.15, 0.2) is 0 Å². The summed E-state index contributed by atoms with van der Waals surface area (Å²) in [6, 6.07) is 11.8. The number of aromatic amines is 1. The van der Waals surface area contributed by atoms with Crippen molar-refractivity contribution in [2.45, 2.75) is 13.3 Å². The first-order chi connectivity index (χ1) is 9.78. The van der Waals surface area contributed by atoms with Crippen LogP contribution in [0, 0.1) is 0 Å². The average Bonchev–Trinajstić information content (AvgIpc) is 2.97. The summed E-state index contributed by atoms with van der Waals surface area (Å²) in [5, 5.41) is 7.94. The van der Waals surface area contributed by atoms with E-state index in [1.165, 1.54) is 0 Å². The number of aryl methyl sites for hydroxylation is 1. The second-order valence-corrected chi connectivity index (χ2v) is 4.99. The minimum atomic E-state index is 0.715. The SMILES string of the molecule is CCc1cc(-c2cn[nH]c2-c2cccc(Cl)c2)ccn1. The number of benzene rings is 1. The highest BCUT2D eigenvalue weighted by Gasteiger charge is 2.10. The Hall–Kier alpha value is -2.13. The molecular weight excluding hydrogens is 270 g/mol. The van der Waals surface area contributed by atoms with Crippen molar-refractivity contribution in [3.8, 4) is 22.4 Å². The Labute approximate surface area is 122 Å². The van der Waals surface area contributed by atoms with Crippen LogP contribution in [0.1, 0.15) is 12.6 Å². The van der Waals surface area contributed by atoms with Crippen molar-refractivity contribution in [1.82, 2.24) is 15.2 Å². The summed E-state index contributed by atoms with van der Waals surface area (Å²) in [5.74, 6) is 0. The summed E-state index contributed by atoms with van der Waals surface area (Å²) in [4.78, 5) is 4.33. The summed E-state index contributed by atoms with van der Waals surface area (Å²) in [7, 11) is 0. The van der Waals surface area contributed by atoms with Crippen LogP contribution in [0.25, 0.3) is 22.4 Å². The quantitative estimate of drug-likeness (QED) is 0.776. The predicted octanol–water partition coefficient (Wildman–Crippen LogP) is 4.35. The molecule has 2 heterocycles. The molecule has 4 heteroatoms. The van der Waals surface area contributed by atoms with Crippen LogP contribution in [0.5, 0.6) is 0 Å². The highest BCUT2D eigenvalue weighted by molar-refractivity contribution is 6.30. The van der Waals surface area contributed by atoms with Gasteiger partial charge in [-0.15, -0.1) is 0 Å². The molecule has 0 spiro atoms. The minimum absolute atomic E-state index is 0.715. The zero-order valence-corrected chi connectivity index (χ0v) is 11.9. The van der Waals surface area contributed by atoms with Gasteiger partial charge in [0.2, 0.25) is 0 Å². The molecule has 3 aromatic rings. The first-order valence-electron chi connectivity index (χ1n) is 6.52. The molecule has 0 aliphatic rings. The van der Waals surface area contributed by atoms with Crippen LogP contribution in [0.4, 0.5) is 0 Å². The number of nitrogens with one attached hydrogen (secondary N) is 1. The maximum atomic E-state index is 6.06. The number of H-pyrrole nitrogens is 1. The molecule has 20 heavy (non-hydrogen) atoms. The number of rotatable bonds is 3. The van der Waals surface area contributed by atoms with Crippen LogP contribution in [0.2, 0.25) is 5.02 Å². The third-order valence-corrected chi connectivity index (χ3v) is 3.48. The van der Waals surface area contributed by atoms with Gasteiger partial charge in [-0.1, -0.05) is 30.7 Å². The van der Waals surface area contributed by atoms with E-state index in [2.05, 4.69) is 28.2 Å². The molecule has 1 aromatic carbocycles. The molecule has 0 saturated carbocycles. The Morgan fingerprint density at radius 3 is 2.85 bits per heavy atom. The molecule has 0 saturated heterocycles. The van der Waals surface area contributed by atoms with Gasteiger partial charge in [0.05, 0.1) is 11.9 Å². The van der Waals surface area contributed by atoms with Crippen molar-refractivity contribution in [3.05, 3.63) is 59.5 Å². The highest BCUT2D eigenvalue weighted by atomic mass is 35.5. The zero-order valence-electron chi connectivity index (χ0n) is 11.1. The number of aromatic nitrogens is 3. The first-order valence-corrected chi connectivity index (χ1v) is 6.90. The third-order valence-electron chi connectivity index (χ3n) is 3.24. The number of hydrogen-bond donors (Lipinski definition) is 1. The van der Waals surface area contributed by atoms with Gasteiger partial charge >= 0.3 is 0 Å². The smallest absolute Gasteiger partial charge is 0.0729 e. The van der Waals surface area contributed by atoms with Gasteiger partial charge in [0.25, 0.3) is 0 Å². The lowest BCUT2D eigenvalue weighted by Gasteiger charge is -2.05. The van der Waals surface area contributed by atoms with Crippen molar-refractivity contribution in [1.29, 1.82) is 0 Å². The fraction of sp³-hybridized carbons (Fsp3) is 0.125. The summed E-state index contributed by atoms with van der Waals surface area (Å²) in [6.45, 7) is 2.10. The molecule has 100 valence electrons. The van der Waals surface area contributed by atoms with Gasteiger partial charge in [-0.3, -0.25) is 10.1 Å². The van der Waals surface area contributed by atoms with Gasteiger partial charge < -0.3 is 0 Å². The molecule has 0 bridgehead atoms. The number of nitrogens with zero attached hydrogens (tertiary/aromatic N) is 2. The number of halogens is 1. The lowest BCUT2D eigenvalue weighted by atomic mass is 10.0. The van der Waals surface area contributed by atoms with E-state index in [1.807, 2.05) is 42.7 Å². The molecule has 0 amide bonds. The fourth-order valence-corrected chi connectivity index (χ4v) is 2.40. The van der Waals surface area contributed by atoms with Crippen LogP contribution in [0.3, 0.4) is 0 Å². The molecule has 0 fully saturated rings. The summed E-state index contributed by atoms with van der Waals surface area (Å²) < 4.78 is 0. The van der Waals surface area contributed by atoms with Crippen LogP contribution in [-0.4, -0.2) is 15.2 Å². The van der Waals surface area contributed by atoms with Crippen LogP contribution >= 0.6 is 11.6 Å². The molecular formula is C16H14ClN3. The van der Waals surface area contributed by atoms with Crippen molar-refractivity contribution in [2.24, 2.45) is 0 Å². The monoisotopic (exact) mass is 283 g/mol. The van der Waals surface area contributed by atoms with Crippen molar-refractivity contribution >= 4 is 11.6 Å². The van der Waals surface area contributed by atoms with Crippen LogP contribution in [-0.2, 0) is 6.42 Å². The molecule has 0 aliphatic heterocycles. The Balaban J connectivity index is 2.10. The molecule has 2 aromatic heterocycles. The van der Waals surface area contributed by atoms with E-state index in [4.69, 9.17) is 11.6 Å². The first kappa shape index (κ1) is 12.9. The maximum Gasteiger partial charge on any atom is 0.0729 e. The Morgan fingerprint density at radius 1 is 1.15 bits per heavy atom. The molecule has 1 N–H and O–H groups in total. The van der Waals surface area contributed by atoms with Crippen LogP contribution < -0.4 is 0 Å². The van der Waals surface area contributed by atoms with Gasteiger partial charge in [-0.05, 0) is 36.2 Å². The van der Waals surface area contributed by atoms with E-state index in [0.29, 0.717) is 5.02 Å². The topological polar surface area (TPSA) is 41.6 Å². The lowest BCUT2D eigenvalue weighted by Crippen LogP contribution is -1.88. The highest BCUT2D eigenvalue weighted by Crippen LogP contribution is 2.31. The molecule has 0 radical (unpaired) electrons.